The van der Waals surface area contributed by atoms with Crippen molar-refractivity contribution in [2.24, 2.45) is 10.1 Å². The van der Waals surface area contributed by atoms with Crippen LogP contribution in [-0.4, -0.2) is 44.3 Å². The average Bonchev–Trinajstić information content (AvgIpc) is 3.29. The zero-order chi connectivity index (χ0) is 24.8. The Kier molecular flexibility index (Phi) is 7.84. The van der Waals surface area contributed by atoms with Crippen molar-refractivity contribution < 1.29 is 18.9 Å². The van der Waals surface area contributed by atoms with Crippen LogP contribution >= 0.6 is 27.3 Å². The van der Waals surface area contributed by atoms with Crippen molar-refractivity contribution in [3.05, 3.63) is 75.1 Å². The maximum absolute atomic E-state index is 5.55. The van der Waals surface area contributed by atoms with E-state index < -0.39 is 0 Å². The van der Waals surface area contributed by atoms with Crippen molar-refractivity contribution in [1.29, 1.82) is 0 Å². The topological polar surface area (TPSA) is 79.5 Å². The Hall–Kier alpha value is -3.63. The van der Waals surface area contributed by atoms with Gasteiger partial charge in [-0.05, 0) is 42.5 Å². The number of benzene rings is 2. The van der Waals surface area contributed by atoms with Gasteiger partial charge in [0.15, 0.2) is 11.5 Å². The molecule has 0 saturated heterocycles. The second kappa shape index (κ2) is 11.2. The molecule has 0 saturated carbocycles. The molecular weight excluding hydrogens is 532 g/mol. The predicted octanol–water partition coefficient (Wildman–Crippen LogP) is 5.52. The molecule has 8 nitrogen and oxygen atoms in total. The monoisotopic (exact) mass is 554 g/mol. The summed E-state index contributed by atoms with van der Waals surface area (Å²) in [6, 6.07) is 13.2. The standard InChI is InChI=1S/C25H23BrN4O4S/c1-31-21-8-7-18(26)10-17(21)13-28-30-20(15-35-25(30)29-19-6-5-9-27-14-19)16-11-22(32-2)24(34-4)23(12-16)33-3/h5-15H,1-4H3. The number of pyridine rings is 1. The molecule has 0 atom stereocenters. The van der Waals surface area contributed by atoms with Gasteiger partial charge in [0.25, 0.3) is 0 Å². The summed E-state index contributed by atoms with van der Waals surface area (Å²) in [6.45, 7) is 0. The smallest absolute Gasteiger partial charge is 0.211 e. The van der Waals surface area contributed by atoms with Gasteiger partial charge in [0.1, 0.15) is 5.75 Å². The summed E-state index contributed by atoms with van der Waals surface area (Å²) in [5.74, 6) is 2.31. The minimum Gasteiger partial charge on any atom is -0.496 e. The lowest BCUT2D eigenvalue weighted by Gasteiger charge is -2.14. The highest BCUT2D eigenvalue weighted by molar-refractivity contribution is 9.10. The van der Waals surface area contributed by atoms with E-state index in [0.717, 1.165) is 27.0 Å². The van der Waals surface area contributed by atoms with Crippen LogP contribution in [0.15, 0.2) is 74.8 Å². The zero-order valence-electron chi connectivity index (χ0n) is 19.6. The van der Waals surface area contributed by atoms with Gasteiger partial charge < -0.3 is 18.9 Å². The Bertz CT molecular complexity index is 1390. The number of hydrogen-bond acceptors (Lipinski definition) is 8. The van der Waals surface area contributed by atoms with Crippen LogP contribution in [0.2, 0.25) is 0 Å². The molecular formula is C25H23BrN4O4S. The Morgan fingerprint density at radius 2 is 1.69 bits per heavy atom. The van der Waals surface area contributed by atoms with Crippen LogP contribution in [-0.2, 0) is 0 Å². The molecule has 0 unspecified atom stereocenters. The fraction of sp³-hybridized carbons (Fsp3) is 0.160. The van der Waals surface area contributed by atoms with Crippen molar-refractivity contribution in [2.75, 3.05) is 28.4 Å². The van der Waals surface area contributed by atoms with E-state index in [1.165, 1.54) is 11.3 Å². The Labute approximate surface area is 215 Å². The van der Waals surface area contributed by atoms with Crippen molar-refractivity contribution >= 4 is 39.2 Å². The number of thiazole rings is 1. The van der Waals surface area contributed by atoms with E-state index in [-0.39, 0.29) is 0 Å². The molecule has 4 aromatic rings. The first-order chi connectivity index (χ1) is 17.1. The first-order valence-electron chi connectivity index (χ1n) is 10.4. The predicted molar refractivity (Wildman–Crippen MR) is 141 cm³/mol. The largest absolute Gasteiger partial charge is 0.496 e. The molecule has 0 radical (unpaired) electrons. The van der Waals surface area contributed by atoms with Crippen LogP contribution in [0.25, 0.3) is 11.3 Å². The molecule has 0 N–H and O–H groups in total. The fourth-order valence-electron chi connectivity index (χ4n) is 3.37. The molecule has 0 spiro atoms. The van der Waals surface area contributed by atoms with Gasteiger partial charge in [0.05, 0.1) is 52.2 Å². The van der Waals surface area contributed by atoms with Gasteiger partial charge >= 0.3 is 0 Å². The van der Waals surface area contributed by atoms with Gasteiger partial charge in [-0.2, -0.15) is 5.10 Å². The van der Waals surface area contributed by atoms with E-state index in [1.54, 1.807) is 51.7 Å². The first-order valence-corrected chi connectivity index (χ1v) is 12.1. The molecule has 2 heterocycles. The Balaban J connectivity index is 1.92. The van der Waals surface area contributed by atoms with Gasteiger partial charge in [-0.3, -0.25) is 4.98 Å². The van der Waals surface area contributed by atoms with Gasteiger partial charge in [0, 0.05) is 27.2 Å². The SMILES string of the molecule is COc1ccc(Br)cc1C=Nn1c(-c2cc(OC)c(OC)c(OC)c2)csc1=Nc1cccnc1. The molecule has 4 rings (SSSR count). The van der Waals surface area contributed by atoms with E-state index >= 15 is 0 Å². The molecule has 0 fully saturated rings. The first kappa shape index (κ1) is 24.5. The second-order valence-electron chi connectivity index (χ2n) is 7.08. The van der Waals surface area contributed by atoms with Crippen LogP contribution < -0.4 is 23.7 Å². The molecule has 2 aromatic heterocycles. The highest BCUT2D eigenvalue weighted by Gasteiger charge is 2.17. The zero-order valence-corrected chi connectivity index (χ0v) is 22.0. The maximum Gasteiger partial charge on any atom is 0.211 e. The number of aromatic nitrogens is 2. The van der Waals surface area contributed by atoms with Gasteiger partial charge in [0.2, 0.25) is 10.6 Å². The van der Waals surface area contributed by atoms with E-state index in [2.05, 4.69) is 20.9 Å². The highest BCUT2D eigenvalue weighted by Crippen LogP contribution is 2.41. The van der Waals surface area contributed by atoms with E-state index in [0.29, 0.717) is 27.8 Å². The molecule has 2 aromatic carbocycles. The summed E-state index contributed by atoms with van der Waals surface area (Å²) in [6.07, 6.45) is 5.14. The van der Waals surface area contributed by atoms with E-state index in [1.807, 2.05) is 47.8 Å². The van der Waals surface area contributed by atoms with Crippen molar-refractivity contribution in [3.8, 4) is 34.3 Å². The summed E-state index contributed by atoms with van der Waals surface area (Å²) in [4.78, 5) is 9.58. The van der Waals surface area contributed by atoms with Crippen LogP contribution in [0, 0.1) is 0 Å². The number of hydrogen-bond donors (Lipinski definition) is 0. The minimum atomic E-state index is 0.517. The Morgan fingerprint density at radius 3 is 2.31 bits per heavy atom. The summed E-state index contributed by atoms with van der Waals surface area (Å²) in [5.41, 5.74) is 3.14. The van der Waals surface area contributed by atoms with Crippen molar-refractivity contribution in [3.63, 3.8) is 0 Å². The summed E-state index contributed by atoms with van der Waals surface area (Å²) in [7, 11) is 6.38. The number of nitrogens with zero attached hydrogens (tertiary/aromatic N) is 4. The lowest BCUT2D eigenvalue weighted by Crippen LogP contribution is -2.12. The molecule has 10 heteroatoms. The normalized spacial score (nSPS) is 11.6. The number of methoxy groups -OCH3 is 4. The Morgan fingerprint density at radius 1 is 0.943 bits per heavy atom. The number of ether oxygens (including phenoxy) is 4. The van der Waals surface area contributed by atoms with Crippen LogP contribution in [0.1, 0.15) is 5.56 Å². The van der Waals surface area contributed by atoms with Gasteiger partial charge in [-0.15, -0.1) is 11.3 Å². The molecule has 180 valence electrons. The molecule has 0 aliphatic heterocycles. The third-order valence-corrected chi connectivity index (χ3v) is 6.33. The lowest BCUT2D eigenvalue weighted by atomic mass is 10.1. The second-order valence-corrected chi connectivity index (χ2v) is 8.84. The van der Waals surface area contributed by atoms with Crippen molar-refractivity contribution in [2.45, 2.75) is 0 Å². The van der Waals surface area contributed by atoms with Crippen LogP contribution in [0.3, 0.4) is 0 Å². The molecule has 35 heavy (non-hydrogen) atoms. The maximum atomic E-state index is 5.55. The molecule has 0 aliphatic rings. The minimum absolute atomic E-state index is 0.517. The van der Waals surface area contributed by atoms with Gasteiger partial charge in [-0.25, -0.2) is 9.67 Å². The summed E-state index contributed by atoms with van der Waals surface area (Å²) >= 11 is 4.96. The number of rotatable bonds is 8. The van der Waals surface area contributed by atoms with Crippen molar-refractivity contribution in [1.82, 2.24) is 9.66 Å². The number of halogens is 1. The highest BCUT2D eigenvalue weighted by atomic mass is 79.9. The fourth-order valence-corrected chi connectivity index (χ4v) is 4.61. The molecule has 0 aliphatic carbocycles. The summed E-state index contributed by atoms with van der Waals surface area (Å²) < 4.78 is 24.8. The van der Waals surface area contributed by atoms with E-state index in [4.69, 9.17) is 29.0 Å². The lowest BCUT2D eigenvalue weighted by molar-refractivity contribution is 0.324. The van der Waals surface area contributed by atoms with Gasteiger partial charge in [-0.1, -0.05) is 15.9 Å². The summed E-state index contributed by atoms with van der Waals surface area (Å²) in [5, 5.41) is 6.76. The van der Waals surface area contributed by atoms with Crippen LogP contribution in [0.4, 0.5) is 5.69 Å². The van der Waals surface area contributed by atoms with E-state index in [9.17, 15) is 0 Å². The third kappa shape index (κ3) is 5.39. The third-order valence-electron chi connectivity index (χ3n) is 5.02. The average molecular weight is 555 g/mol. The molecule has 0 bridgehead atoms. The van der Waals surface area contributed by atoms with Crippen LogP contribution in [0.5, 0.6) is 23.0 Å². The quantitative estimate of drug-likeness (QED) is 0.268. The molecule has 0 amide bonds.